The summed E-state index contributed by atoms with van der Waals surface area (Å²) in [6.45, 7) is 2.28. The van der Waals surface area contributed by atoms with Crippen LogP contribution in [0.2, 0.25) is 0 Å². The Hall–Kier alpha value is -1.56. The first-order chi connectivity index (χ1) is 9.47. The molecule has 1 aliphatic rings. The van der Waals surface area contributed by atoms with Gasteiger partial charge in [-0.05, 0) is 37.6 Å². The minimum Gasteiger partial charge on any atom is -0.382 e. The van der Waals surface area contributed by atoms with Crippen molar-refractivity contribution in [3.8, 4) is 0 Å². The summed E-state index contributed by atoms with van der Waals surface area (Å²) < 4.78 is 50.7. The van der Waals surface area contributed by atoms with Crippen molar-refractivity contribution in [1.29, 1.82) is 0 Å². The van der Waals surface area contributed by atoms with Crippen molar-refractivity contribution in [2.45, 2.75) is 19.0 Å². The van der Waals surface area contributed by atoms with E-state index in [2.05, 4.69) is 16.7 Å². The summed E-state index contributed by atoms with van der Waals surface area (Å²) in [7, 11) is 0. The average molecular weight is 288 g/mol. The standard InChI is InChI=1S/C14H16F4N2/c15-12-9-11(14(16,17)18)1-2-13(12)20-8-5-10-3-6-19-7-4-10/h1-3,9,19-20H,4-8H2. The normalized spacial score (nSPS) is 15.9. The fraction of sp³-hybridized carbons (Fsp3) is 0.429. The minimum atomic E-state index is -4.51. The summed E-state index contributed by atoms with van der Waals surface area (Å²) in [5.41, 5.74) is 0.415. The molecule has 0 unspecified atom stereocenters. The van der Waals surface area contributed by atoms with Crippen molar-refractivity contribution in [1.82, 2.24) is 5.32 Å². The van der Waals surface area contributed by atoms with Crippen LogP contribution in [0, 0.1) is 5.82 Å². The number of halogens is 4. The number of benzene rings is 1. The van der Waals surface area contributed by atoms with Crippen LogP contribution in [-0.2, 0) is 6.18 Å². The van der Waals surface area contributed by atoms with E-state index in [0.29, 0.717) is 12.6 Å². The fourth-order valence-electron chi connectivity index (χ4n) is 2.09. The second-order valence-electron chi connectivity index (χ2n) is 4.69. The maximum atomic E-state index is 13.6. The summed E-state index contributed by atoms with van der Waals surface area (Å²) in [5, 5.41) is 6.02. The molecular weight excluding hydrogens is 272 g/mol. The summed E-state index contributed by atoms with van der Waals surface area (Å²) >= 11 is 0. The van der Waals surface area contributed by atoms with Crippen molar-refractivity contribution in [2.75, 3.05) is 25.0 Å². The van der Waals surface area contributed by atoms with Crippen LogP contribution in [0.25, 0.3) is 0 Å². The van der Waals surface area contributed by atoms with Gasteiger partial charge in [0.2, 0.25) is 0 Å². The summed E-state index contributed by atoms with van der Waals surface area (Å²) in [6, 6.07) is 2.54. The highest BCUT2D eigenvalue weighted by Gasteiger charge is 2.31. The number of alkyl halides is 3. The van der Waals surface area contributed by atoms with E-state index in [-0.39, 0.29) is 5.69 Å². The third kappa shape index (κ3) is 3.96. The van der Waals surface area contributed by atoms with Crippen LogP contribution in [0.4, 0.5) is 23.2 Å². The molecule has 1 heterocycles. The fourth-order valence-corrected chi connectivity index (χ4v) is 2.09. The molecule has 1 aromatic rings. The lowest BCUT2D eigenvalue weighted by Gasteiger charge is -2.15. The van der Waals surface area contributed by atoms with Gasteiger partial charge in [0, 0.05) is 13.1 Å². The van der Waals surface area contributed by atoms with Crippen LogP contribution in [0.15, 0.2) is 29.8 Å². The van der Waals surface area contributed by atoms with Crippen LogP contribution in [0.5, 0.6) is 0 Å². The average Bonchev–Trinajstić information content (AvgIpc) is 2.40. The monoisotopic (exact) mass is 288 g/mol. The molecule has 110 valence electrons. The lowest BCUT2D eigenvalue weighted by Crippen LogP contribution is -2.21. The zero-order valence-electron chi connectivity index (χ0n) is 10.9. The second-order valence-corrected chi connectivity index (χ2v) is 4.69. The number of hydrogen-bond acceptors (Lipinski definition) is 2. The third-order valence-electron chi connectivity index (χ3n) is 3.22. The predicted molar refractivity (Wildman–Crippen MR) is 70.1 cm³/mol. The molecule has 0 atom stereocenters. The Morgan fingerprint density at radius 3 is 2.65 bits per heavy atom. The van der Waals surface area contributed by atoms with E-state index in [1.54, 1.807) is 0 Å². The van der Waals surface area contributed by atoms with Crippen molar-refractivity contribution in [2.24, 2.45) is 0 Å². The highest BCUT2D eigenvalue weighted by Crippen LogP contribution is 2.31. The first-order valence-corrected chi connectivity index (χ1v) is 6.46. The Morgan fingerprint density at radius 1 is 1.25 bits per heavy atom. The van der Waals surface area contributed by atoms with Gasteiger partial charge in [0.1, 0.15) is 5.82 Å². The van der Waals surface area contributed by atoms with Crippen molar-refractivity contribution in [3.05, 3.63) is 41.2 Å². The quantitative estimate of drug-likeness (QED) is 0.654. The Kier molecular flexibility index (Phi) is 4.65. The van der Waals surface area contributed by atoms with Crippen molar-refractivity contribution in [3.63, 3.8) is 0 Å². The number of rotatable bonds is 4. The molecule has 0 bridgehead atoms. The molecule has 0 saturated carbocycles. The van der Waals surface area contributed by atoms with Gasteiger partial charge in [0.25, 0.3) is 0 Å². The van der Waals surface area contributed by atoms with E-state index < -0.39 is 17.6 Å². The van der Waals surface area contributed by atoms with Gasteiger partial charge in [-0.2, -0.15) is 13.2 Å². The largest absolute Gasteiger partial charge is 0.416 e. The summed E-state index contributed by atoms with van der Waals surface area (Å²) in [6.07, 6.45) is -0.702. The highest BCUT2D eigenvalue weighted by atomic mass is 19.4. The van der Waals surface area contributed by atoms with E-state index in [0.717, 1.165) is 38.1 Å². The lowest BCUT2D eigenvalue weighted by molar-refractivity contribution is -0.137. The smallest absolute Gasteiger partial charge is 0.382 e. The van der Waals surface area contributed by atoms with Crippen molar-refractivity contribution >= 4 is 5.69 Å². The molecule has 6 heteroatoms. The van der Waals surface area contributed by atoms with Crippen LogP contribution >= 0.6 is 0 Å². The molecule has 2 rings (SSSR count). The topological polar surface area (TPSA) is 24.1 Å². The molecule has 0 fully saturated rings. The van der Waals surface area contributed by atoms with Crippen molar-refractivity contribution < 1.29 is 17.6 Å². The molecule has 0 saturated heterocycles. The van der Waals surface area contributed by atoms with Crippen LogP contribution in [0.1, 0.15) is 18.4 Å². The first-order valence-electron chi connectivity index (χ1n) is 6.46. The molecule has 0 radical (unpaired) electrons. The van der Waals surface area contributed by atoms with Crippen LogP contribution < -0.4 is 10.6 Å². The Bertz CT molecular complexity index is 494. The molecular formula is C14H16F4N2. The zero-order valence-corrected chi connectivity index (χ0v) is 10.9. The first kappa shape index (κ1) is 14.8. The van der Waals surface area contributed by atoms with E-state index in [1.165, 1.54) is 5.57 Å². The SMILES string of the molecule is Fc1cc(C(F)(F)F)ccc1NCCC1=CCNCC1. The van der Waals surface area contributed by atoms with E-state index in [9.17, 15) is 17.6 Å². The van der Waals surface area contributed by atoms with Crippen LogP contribution in [-0.4, -0.2) is 19.6 Å². The molecule has 2 N–H and O–H groups in total. The summed E-state index contributed by atoms with van der Waals surface area (Å²) in [4.78, 5) is 0. The maximum Gasteiger partial charge on any atom is 0.416 e. The van der Waals surface area contributed by atoms with E-state index in [4.69, 9.17) is 0 Å². The Labute approximate surface area is 114 Å². The van der Waals surface area contributed by atoms with Gasteiger partial charge >= 0.3 is 6.18 Å². The van der Waals surface area contributed by atoms with E-state index in [1.807, 2.05) is 0 Å². The molecule has 1 aromatic carbocycles. The highest BCUT2D eigenvalue weighted by molar-refractivity contribution is 5.47. The number of hydrogen-bond donors (Lipinski definition) is 2. The molecule has 20 heavy (non-hydrogen) atoms. The Morgan fingerprint density at radius 2 is 2.05 bits per heavy atom. The van der Waals surface area contributed by atoms with Gasteiger partial charge in [-0.15, -0.1) is 0 Å². The van der Waals surface area contributed by atoms with Crippen LogP contribution in [0.3, 0.4) is 0 Å². The zero-order chi connectivity index (χ0) is 14.6. The lowest BCUT2D eigenvalue weighted by atomic mass is 10.1. The number of anilines is 1. The van der Waals surface area contributed by atoms with Gasteiger partial charge in [0.15, 0.2) is 0 Å². The van der Waals surface area contributed by atoms with Gasteiger partial charge in [-0.3, -0.25) is 0 Å². The second kappa shape index (κ2) is 6.26. The maximum absolute atomic E-state index is 13.6. The van der Waals surface area contributed by atoms with Gasteiger partial charge in [0.05, 0.1) is 11.3 Å². The number of nitrogens with one attached hydrogen (secondary N) is 2. The molecule has 0 amide bonds. The van der Waals surface area contributed by atoms with Gasteiger partial charge < -0.3 is 10.6 Å². The van der Waals surface area contributed by atoms with Gasteiger partial charge in [-0.25, -0.2) is 4.39 Å². The molecule has 0 aliphatic carbocycles. The minimum absolute atomic E-state index is 0.104. The van der Waals surface area contributed by atoms with E-state index >= 15 is 0 Å². The molecule has 0 aromatic heterocycles. The molecule has 2 nitrogen and oxygen atoms in total. The molecule has 1 aliphatic heterocycles. The third-order valence-corrected chi connectivity index (χ3v) is 3.22. The Balaban J connectivity index is 1.91. The van der Waals surface area contributed by atoms with Gasteiger partial charge in [-0.1, -0.05) is 11.6 Å². The summed E-state index contributed by atoms with van der Waals surface area (Å²) in [5.74, 6) is -0.876. The predicted octanol–water partition coefficient (Wildman–Crippen LogP) is 3.57. The molecule has 0 spiro atoms.